The molecule has 0 radical (unpaired) electrons. The maximum Gasteiger partial charge on any atom is 0.309 e. The quantitative estimate of drug-likeness (QED) is 0.146. The van der Waals surface area contributed by atoms with Gasteiger partial charge in [0.25, 0.3) is 0 Å². The van der Waals surface area contributed by atoms with Crippen LogP contribution in [0.25, 0.3) is 12.2 Å². The third-order valence-corrected chi connectivity index (χ3v) is 6.33. The molecule has 0 atom stereocenters. The van der Waals surface area contributed by atoms with Crippen molar-refractivity contribution in [2.45, 2.75) is 71.6 Å². The van der Waals surface area contributed by atoms with Crippen molar-refractivity contribution in [1.29, 1.82) is 0 Å². The van der Waals surface area contributed by atoms with Gasteiger partial charge in [0.1, 0.15) is 17.2 Å². The van der Waals surface area contributed by atoms with E-state index < -0.39 is 17.4 Å². The van der Waals surface area contributed by atoms with Gasteiger partial charge in [0.15, 0.2) is 0 Å². The zero-order chi connectivity index (χ0) is 27.8. The Morgan fingerprint density at radius 1 is 0.737 bits per heavy atom. The van der Waals surface area contributed by atoms with Crippen LogP contribution < -0.4 is 14.2 Å². The van der Waals surface area contributed by atoms with Crippen molar-refractivity contribution in [3.05, 3.63) is 53.6 Å². The lowest BCUT2D eigenvalue weighted by molar-refractivity contribution is -0.147. The molecule has 7 heteroatoms. The Bertz CT molecular complexity index is 1030. The number of rotatable bonds is 19. The van der Waals surface area contributed by atoms with E-state index in [-0.39, 0.29) is 6.42 Å². The van der Waals surface area contributed by atoms with Gasteiger partial charge in [-0.25, -0.2) is 0 Å². The predicted molar refractivity (Wildman–Crippen MR) is 150 cm³/mol. The van der Waals surface area contributed by atoms with Crippen molar-refractivity contribution in [3.63, 3.8) is 0 Å². The number of carbonyl (C=O) groups is 2. The summed E-state index contributed by atoms with van der Waals surface area (Å²) in [6.07, 6.45) is 11.4. The lowest BCUT2D eigenvalue weighted by Crippen LogP contribution is -2.24. The molecule has 208 valence electrons. The van der Waals surface area contributed by atoms with Crippen LogP contribution in [-0.2, 0) is 9.59 Å². The molecule has 0 amide bonds. The molecule has 0 heterocycles. The minimum Gasteiger partial charge on any atom is -0.497 e. The van der Waals surface area contributed by atoms with Crippen LogP contribution in [0.3, 0.4) is 0 Å². The average molecular weight is 527 g/mol. The Hall–Kier alpha value is -3.48. The van der Waals surface area contributed by atoms with Gasteiger partial charge in [-0.15, -0.1) is 0 Å². The molecule has 0 saturated heterocycles. The second-order valence-corrected chi connectivity index (χ2v) is 10.1. The number of hydrogen-bond acceptors (Lipinski definition) is 5. The van der Waals surface area contributed by atoms with E-state index in [1.165, 1.54) is 0 Å². The van der Waals surface area contributed by atoms with Gasteiger partial charge in [0.2, 0.25) is 0 Å². The van der Waals surface area contributed by atoms with Gasteiger partial charge in [-0.05, 0) is 74.9 Å². The van der Waals surface area contributed by atoms with E-state index in [1.54, 1.807) is 21.0 Å². The number of methoxy groups -OCH3 is 1. The van der Waals surface area contributed by atoms with Gasteiger partial charge in [0.05, 0.1) is 25.7 Å². The van der Waals surface area contributed by atoms with Gasteiger partial charge in [-0.3, -0.25) is 9.59 Å². The monoisotopic (exact) mass is 526 g/mol. The number of carboxylic acid groups (broad SMARTS) is 2. The molecular weight excluding hydrogens is 484 g/mol. The van der Waals surface area contributed by atoms with Gasteiger partial charge in [-0.2, -0.15) is 0 Å². The van der Waals surface area contributed by atoms with Crippen molar-refractivity contribution in [3.8, 4) is 17.2 Å². The number of unbranched alkanes of at least 4 members (excludes halogenated alkanes) is 5. The summed E-state index contributed by atoms with van der Waals surface area (Å²) >= 11 is 0. The topological polar surface area (TPSA) is 102 Å². The highest BCUT2D eigenvalue weighted by atomic mass is 16.5. The fourth-order valence-electron chi connectivity index (χ4n) is 3.85. The zero-order valence-corrected chi connectivity index (χ0v) is 22.9. The molecule has 0 aliphatic heterocycles. The average Bonchev–Trinajstić information content (AvgIpc) is 2.89. The number of benzene rings is 2. The highest BCUT2D eigenvalue weighted by Gasteiger charge is 2.26. The Balaban J connectivity index is 1.77. The summed E-state index contributed by atoms with van der Waals surface area (Å²) in [6.45, 7) is 4.55. The van der Waals surface area contributed by atoms with Gasteiger partial charge >= 0.3 is 11.9 Å². The van der Waals surface area contributed by atoms with Crippen LogP contribution in [0.4, 0.5) is 0 Å². The first-order valence-electron chi connectivity index (χ1n) is 13.4. The van der Waals surface area contributed by atoms with Crippen LogP contribution in [0.1, 0.15) is 82.8 Å². The zero-order valence-electron chi connectivity index (χ0n) is 22.9. The summed E-state index contributed by atoms with van der Waals surface area (Å²) in [5, 5.41) is 17.9. The van der Waals surface area contributed by atoms with Crippen molar-refractivity contribution >= 4 is 24.1 Å². The Morgan fingerprint density at radius 3 is 1.97 bits per heavy atom. The molecule has 2 aromatic rings. The first kappa shape index (κ1) is 30.7. The first-order valence-corrected chi connectivity index (χ1v) is 13.4. The maximum absolute atomic E-state index is 11.3. The molecule has 0 spiro atoms. The lowest BCUT2D eigenvalue weighted by Gasteiger charge is -2.18. The van der Waals surface area contributed by atoms with E-state index in [2.05, 4.69) is 0 Å². The number of hydrogen-bond donors (Lipinski definition) is 2. The third kappa shape index (κ3) is 12.2. The van der Waals surface area contributed by atoms with Gasteiger partial charge < -0.3 is 24.4 Å². The van der Waals surface area contributed by atoms with Gasteiger partial charge in [0, 0.05) is 12.5 Å². The molecule has 0 fully saturated rings. The molecule has 0 aliphatic carbocycles. The fraction of sp³-hybridized carbons (Fsp3) is 0.484. The summed E-state index contributed by atoms with van der Waals surface area (Å²) in [5.74, 6) is 0.695. The summed E-state index contributed by atoms with van der Waals surface area (Å²) in [5.41, 5.74) is 1.21. The molecule has 2 N–H and O–H groups in total. The van der Waals surface area contributed by atoms with Crippen LogP contribution in [-0.4, -0.2) is 42.5 Å². The summed E-state index contributed by atoms with van der Waals surface area (Å²) in [6, 6.07) is 13.6. The summed E-state index contributed by atoms with van der Waals surface area (Å²) in [4.78, 5) is 21.8. The van der Waals surface area contributed by atoms with E-state index in [9.17, 15) is 14.7 Å². The second kappa shape index (κ2) is 16.4. The van der Waals surface area contributed by atoms with Crippen LogP contribution in [0.2, 0.25) is 0 Å². The first-order chi connectivity index (χ1) is 18.2. The largest absolute Gasteiger partial charge is 0.497 e. The van der Waals surface area contributed by atoms with E-state index in [4.69, 9.17) is 19.3 Å². The van der Waals surface area contributed by atoms with E-state index in [0.717, 1.165) is 55.4 Å². The van der Waals surface area contributed by atoms with E-state index in [0.29, 0.717) is 37.6 Å². The van der Waals surface area contributed by atoms with Crippen molar-refractivity contribution < 1.29 is 34.0 Å². The molecule has 0 unspecified atom stereocenters. The Labute approximate surface area is 226 Å². The normalized spacial score (nSPS) is 11.4. The SMILES string of the molecule is COc1cc(/C=C/c2ccc(OCCCCCCCCC(=O)O)cc2)cc(OCCCC(C)(C)C(=O)O)c1. The number of aliphatic carboxylic acids is 2. The molecule has 0 aliphatic rings. The molecule has 2 aromatic carbocycles. The van der Waals surface area contributed by atoms with Crippen LogP contribution in [0, 0.1) is 5.41 Å². The standard InChI is InChI=1S/C31H42O7/c1-31(2,30(34)35)18-10-20-38-28-22-25(21-27(23-28)36-3)13-12-24-14-16-26(17-15-24)37-19-9-7-5-4-6-8-11-29(32)33/h12-17,21-23H,4-11,18-20H2,1-3H3,(H,32,33)(H,34,35)/b13-12+. The van der Waals surface area contributed by atoms with Crippen molar-refractivity contribution in [2.75, 3.05) is 20.3 Å². The van der Waals surface area contributed by atoms with Crippen LogP contribution in [0.5, 0.6) is 17.2 Å². The minimum absolute atomic E-state index is 0.263. The molecule has 7 nitrogen and oxygen atoms in total. The highest BCUT2D eigenvalue weighted by Crippen LogP contribution is 2.26. The molecular formula is C31H42O7. The van der Waals surface area contributed by atoms with Gasteiger partial charge in [-0.1, -0.05) is 50.0 Å². The second-order valence-electron chi connectivity index (χ2n) is 10.1. The molecule has 0 bridgehead atoms. The number of carboxylic acids is 2. The summed E-state index contributed by atoms with van der Waals surface area (Å²) < 4.78 is 17.1. The molecule has 0 aromatic heterocycles. The maximum atomic E-state index is 11.3. The van der Waals surface area contributed by atoms with Crippen LogP contribution >= 0.6 is 0 Å². The smallest absolute Gasteiger partial charge is 0.309 e. The van der Waals surface area contributed by atoms with Crippen LogP contribution in [0.15, 0.2) is 42.5 Å². The molecule has 38 heavy (non-hydrogen) atoms. The highest BCUT2D eigenvalue weighted by molar-refractivity contribution is 5.73. The third-order valence-electron chi connectivity index (χ3n) is 6.33. The van der Waals surface area contributed by atoms with E-state index in [1.807, 2.05) is 54.6 Å². The van der Waals surface area contributed by atoms with Crippen molar-refractivity contribution in [2.24, 2.45) is 5.41 Å². The lowest BCUT2D eigenvalue weighted by atomic mass is 9.88. The number of ether oxygens (including phenoxy) is 3. The molecule has 0 saturated carbocycles. The fourth-order valence-corrected chi connectivity index (χ4v) is 3.85. The van der Waals surface area contributed by atoms with E-state index >= 15 is 0 Å². The predicted octanol–water partition coefficient (Wildman–Crippen LogP) is 7.33. The minimum atomic E-state index is -0.802. The van der Waals surface area contributed by atoms with Crippen molar-refractivity contribution in [1.82, 2.24) is 0 Å². The Morgan fingerprint density at radius 2 is 1.32 bits per heavy atom. The molecule has 2 rings (SSSR count). The summed E-state index contributed by atoms with van der Waals surface area (Å²) in [7, 11) is 1.61. The Kier molecular flexibility index (Phi) is 13.3.